The number of hydrogen-bond donors (Lipinski definition) is 2. The van der Waals surface area contributed by atoms with Crippen molar-refractivity contribution >= 4 is 28.6 Å². The number of ether oxygens (including phenoxy) is 1. The normalized spacial score (nSPS) is 11.0. The van der Waals surface area contributed by atoms with Crippen LogP contribution in [0.15, 0.2) is 60.8 Å². The molecule has 0 bridgehead atoms. The first-order valence-electron chi connectivity index (χ1n) is 6.96. The number of anilines is 1. The number of aromatic nitrogens is 1. The molecule has 0 saturated heterocycles. The number of fused-ring (bicyclic) bond motifs is 1. The van der Waals surface area contributed by atoms with Gasteiger partial charge in [0.05, 0.1) is 12.8 Å². The predicted octanol–water partition coefficient (Wildman–Crippen LogP) is 3.83. The van der Waals surface area contributed by atoms with E-state index >= 15 is 0 Å². The number of H-pyrrole nitrogens is 1. The Morgan fingerprint density at radius 3 is 2.77 bits per heavy atom. The average Bonchev–Trinajstić information content (AvgIpc) is 2.97. The van der Waals surface area contributed by atoms with Crippen LogP contribution < -0.4 is 10.1 Å². The molecule has 0 aliphatic heterocycles. The van der Waals surface area contributed by atoms with Crippen molar-refractivity contribution in [3.8, 4) is 5.75 Å². The van der Waals surface area contributed by atoms with E-state index in [1.54, 1.807) is 25.3 Å². The van der Waals surface area contributed by atoms with Gasteiger partial charge in [0.15, 0.2) is 0 Å². The molecule has 0 atom stereocenters. The van der Waals surface area contributed by atoms with Crippen molar-refractivity contribution in [1.29, 1.82) is 0 Å². The molecular weight excluding hydrogens is 276 g/mol. The molecule has 0 saturated carbocycles. The van der Waals surface area contributed by atoms with Gasteiger partial charge in [-0.15, -0.1) is 0 Å². The second kappa shape index (κ2) is 6.18. The number of carbonyl (C=O) groups excluding carboxylic acids is 1. The molecule has 2 aromatic carbocycles. The first-order chi connectivity index (χ1) is 10.8. The van der Waals surface area contributed by atoms with Gasteiger partial charge >= 0.3 is 0 Å². The van der Waals surface area contributed by atoms with Crippen molar-refractivity contribution < 1.29 is 9.53 Å². The van der Waals surface area contributed by atoms with Crippen molar-refractivity contribution in [2.75, 3.05) is 12.4 Å². The number of amides is 1. The topological polar surface area (TPSA) is 54.1 Å². The molecule has 0 radical (unpaired) electrons. The highest BCUT2D eigenvalue weighted by molar-refractivity contribution is 6.04. The number of nitrogens with one attached hydrogen (secondary N) is 2. The van der Waals surface area contributed by atoms with E-state index in [2.05, 4.69) is 10.3 Å². The van der Waals surface area contributed by atoms with Crippen LogP contribution in [0.4, 0.5) is 5.69 Å². The minimum atomic E-state index is -0.199. The van der Waals surface area contributed by atoms with Gasteiger partial charge in [-0.1, -0.05) is 30.3 Å². The molecule has 2 N–H and O–H groups in total. The number of benzene rings is 2. The van der Waals surface area contributed by atoms with Gasteiger partial charge in [-0.2, -0.15) is 0 Å². The largest absolute Gasteiger partial charge is 0.495 e. The van der Waals surface area contributed by atoms with E-state index < -0.39 is 0 Å². The molecule has 0 unspecified atom stereocenters. The summed E-state index contributed by atoms with van der Waals surface area (Å²) < 4.78 is 5.21. The molecule has 1 amide bonds. The summed E-state index contributed by atoms with van der Waals surface area (Å²) in [6.45, 7) is 0. The Labute approximate surface area is 128 Å². The Kier molecular flexibility index (Phi) is 3.92. The van der Waals surface area contributed by atoms with Crippen LogP contribution in [-0.4, -0.2) is 18.0 Å². The zero-order chi connectivity index (χ0) is 15.4. The van der Waals surface area contributed by atoms with Gasteiger partial charge < -0.3 is 15.0 Å². The third kappa shape index (κ3) is 2.86. The van der Waals surface area contributed by atoms with Gasteiger partial charge in [0.25, 0.3) is 0 Å². The Morgan fingerprint density at radius 1 is 1.14 bits per heavy atom. The van der Waals surface area contributed by atoms with Crippen LogP contribution in [0.5, 0.6) is 5.75 Å². The summed E-state index contributed by atoms with van der Waals surface area (Å²) in [5.74, 6) is 0.436. The van der Waals surface area contributed by atoms with Crippen LogP contribution in [0.2, 0.25) is 0 Å². The number of hydrogen-bond acceptors (Lipinski definition) is 2. The van der Waals surface area contributed by atoms with Crippen LogP contribution in [-0.2, 0) is 4.79 Å². The average molecular weight is 292 g/mol. The van der Waals surface area contributed by atoms with Crippen molar-refractivity contribution in [2.45, 2.75) is 0 Å². The van der Waals surface area contributed by atoms with E-state index in [0.29, 0.717) is 11.4 Å². The molecule has 3 rings (SSSR count). The summed E-state index contributed by atoms with van der Waals surface area (Å²) in [6.07, 6.45) is 5.20. The summed E-state index contributed by atoms with van der Waals surface area (Å²) in [4.78, 5) is 15.2. The van der Waals surface area contributed by atoms with Crippen LogP contribution in [0.1, 0.15) is 5.56 Å². The van der Waals surface area contributed by atoms with E-state index in [1.807, 2.05) is 42.6 Å². The fraction of sp³-hybridized carbons (Fsp3) is 0.0556. The molecular formula is C18H16N2O2. The Balaban J connectivity index is 1.76. The fourth-order valence-electron chi connectivity index (χ4n) is 2.32. The zero-order valence-corrected chi connectivity index (χ0v) is 12.2. The lowest BCUT2D eigenvalue weighted by Crippen LogP contribution is -2.08. The molecule has 4 heteroatoms. The van der Waals surface area contributed by atoms with E-state index in [4.69, 9.17) is 4.74 Å². The van der Waals surface area contributed by atoms with E-state index in [9.17, 15) is 4.79 Å². The van der Waals surface area contributed by atoms with E-state index in [0.717, 1.165) is 16.5 Å². The van der Waals surface area contributed by atoms with Crippen molar-refractivity contribution in [3.63, 3.8) is 0 Å². The summed E-state index contributed by atoms with van der Waals surface area (Å²) in [6, 6.07) is 15.3. The van der Waals surface area contributed by atoms with Gasteiger partial charge in [0, 0.05) is 23.2 Å². The van der Waals surface area contributed by atoms with Crippen molar-refractivity contribution in [2.24, 2.45) is 0 Å². The zero-order valence-electron chi connectivity index (χ0n) is 12.2. The second-order valence-corrected chi connectivity index (χ2v) is 4.81. The number of rotatable bonds is 4. The number of carbonyl (C=O) groups is 1. The second-order valence-electron chi connectivity index (χ2n) is 4.81. The number of para-hydroxylation sites is 3. The maximum absolute atomic E-state index is 12.0. The van der Waals surface area contributed by atoms with Gasteiger partial charge in [0.2, 0.25) is 5.91 Å². The summed E-state index contributed by atoms with van der Waals surface area (Å²) in [7, 11) is 1.58. The smallest absolute Gasteiger partial charge is 0.248 e. The first kappa shape index (κ1) is 13.9. The minimum absolute atomic E-state index is 0.199. The summed E-state index contributed by atoms with van der Waals surface area (Å²) in [5.41, 5.74) is 2.68. The highest BCUT2D eigenvalue weighted by Gasteiger charge is 2.04. The van der Waals surface area contributed by atoms with Gasteiger partial charge in [-0.05, 0) is 29.8 Å². The Hall–Kier alpha value is -3.01. The highest BCUT2D eigenvalue weighted by atomic mass is 16.5. The Morgan fingerprint density at radius 2 is 1.91 bits per heavy atom. The third-order valence-corrected chi connectivity index (χ3v) is 3.40. The lowest BCUT2D eigenvalue weighted by molar-refractivity contribution is -0.111. The lowest BCUT2D eigenvalue weighted by atomic mass is 10.1. The molecule has 3 aromatic rings. The summed E-state index contributed by atoms with van der Waals surface area (Å²) in [5, 5.41) is 3.90. The van der Waals surface area contributed by atoms with Crippen LogP contribution in [0.25, 0.3) is 17.0 Å². The third-order valence-electron chi connectivity index (χ3n) is 3.40. The number of methoxy groups -OCH3 is 1. The molecule has 4 nitrogen and oxygen atoms in total. The quantitative estimate of drug-likeness (QED) is 0.718. The Bertz CT molecular complexity index is 834. The summed E-state index contributed by atoms with van der Waals surface area (Å²) >= 11 is 0. The molecule has 0 spiro atoms. The van der Waals surface area contributed by atoms with Crippen molar-refractivity contribution in [1.82, 2.24) is 4.98 Å². The molecule has 1 heterocycles. The molecule has 22 heavy (non-hydrogen) atoms. The SMILES string of the molecule is COc1ccccc1NC(=O)/C=C/c1c[nH]c2ccccc12. The van der Waals surface area contributed by atoms with Gasteiger partial charge in [-0.3, -0.25) is 4.79 Å². The monoisotopic (exact) mass is 292 g/mol. The van der Waals surface area contributed by atoms with Crippen LogP contribution >= 0.6 is 0 Å². The molecule has 0 aliphatic carbocycles. The fourth-order valence-corrected chi connectivity index (χ4v) is 2.32. The van der Waals surface area contributed by atoms with Gasteiger partial charge in [0.1, 0.15) is 5.75 Å². The van der Waals surface area contributed by atoms with Crippen LogP contribution in [0.3, 0.4) is 0 Å². The van der Waals surface area contributed by atoms with Crippen LogP contribution in [0, 0.1) is 0 Å². The van der Waals surface area contributed by atoms with Gasteiger partial charge in [-0.25, -0.2) is 0 Å². The molecule has 0 fully saturated rings. The molecule has 110 valence electrons. The standard InChI is InChI=1S/C18H16N2O2/c1-22-17-9-5-4-8-16(17)20-18(21)11-10-13-12-19-15-7-3-2-6-14(13)15/h2-12,19H,1H3,(H,20,21)/b11-10+. The maximum Gasteiger partial charge on any atom is 0.248 e. The minimum Gasteiger partial charge on any atom is -0.495 e. The lowest BCUT2D eigenvalue weighted by Gasteiger charge is -2.07. The molecule has 0 aliphatic rings. The van der Waals surface area contributed by atoms with E-state index in [-0.39, 0.29) is 5.91 Å². The van der Waals surface area contributed by atoms with E-state index in [1.165, 1.54) is 6.08 Å². The predicted molar refractivity (Wildman–Crippen MR) is 89.0 cm³/mol. The molecule has 1 aromatic heterocycles. The maximum atomic E-state index is 12.0. The highest BCUT2D eigenvalue weighted by Crippen LogP contribution is 2.23. The number of aromatic amines is 1. The first-order valence-corrected chi connectivity index (χ1v) is 6.96. The van der Waals surface area contributed by atoms with Crippen molar-refractivity contribution in [3.05, 3.63) is 66.4 Å².